The Balaban J connectivity index is 2.39. The zero-order chi connectivity index (χ0) is 15.2. The van der Waals surface area contributed by atoms with Gasteiger partial charge in [-0.3, -0.25) is 4.79 Å². The van der Waals surface area contributed by atoms with Crippen LogP contribution in [0.5, 0.6) is 0 Å². The number of amides is 1. The normalized spacial score (nSPS) is 13.2. The van der Waals surface area contributed by atoms with E-state index in [2.05, 4.69) is 36.4 Å². The number of carbonyl (C=O) groups excluding carboxylic acids is 1. The maximum atomic E-state index is 11.8. The third kappa shape index (κ3) is 5.56. The van der Waals surface area contributed by atoms with Crippen molar-refractivity contribution in [3.8, 4) is 0 Å². The van der Waals surface area contributed by atoms with Crippen molar-refractivity contribution in [1.29, 1.82) is 0 Å². The largest absolute Gasteiger partial charge is 0.383 e. The highest BCUT2D eigenvalue weighted by molar-refractivity contribution is 7.09. The summed E-state index contributed by atoms with van der Waals surface area (Å²) in [6, 6.07) is -0.244. The summed E-state index contributed by atoms with van der Waals surface area (Å²) in [7, 11) is 1.61. The van der Waals surface area contributed by atoms with Crippen molar-refractivity contribution in [2.24, 2.45) is 0 Å². The Morgan fingerprint density at radius 2 is 2.20 bits per heavy atom. The summed E-state index contributed by atoms with van der Waals surface area (Å²) in [5, 5.41) is 9.15. The highest BCUT2D eigenvalue weighted by Gasteiger charge is 2.18. The van der Waals surface area contributed by atoms with E-state index in [9.17, 15) is 4.79 Å². The van der Waals surface area contributed by atoms with Gasteiger partial charge in [0, 0.05) is 31.0 Å². The van der Waals surface area contributed by atoms with Crippen LogP contribution >= 0.6 is 11.3 Å². The molecule has 1 heterocycles. The number of ether oxygens (including phenoxy) is 1. The maximum Gasteiger partial charge on any atom is 0.236 e. The molecule has 0 aliphatic carbocycles. The van der Waals surface area contributed by atoms with E-state index < -0.39 is 0 Å². The van der Waals surface area contributed by atoms with Crippen molar-refractivity contribution in [1.82, 2.24) is 15.6 Å². The van der Waals surface area contributed by atoms with Gasteiger partial charge in [-0.2, -0.15) is 0 Å². The minimum Gasteiger partial charge on any atom is -0.383 e. The molecule has 6 heteroatoms. The van der Waals surface area contributed by atoms with Gasteiger partial charge < -0.3 is 15.4 Å². The molecule has 0 aliphatic rings. The Kier molecular flexibility index (Phi) is 6.58. The summed E-state index contributed by atoms with van der Waals surface area (Å²) >= 11 is 1.67. The van der Waals surface area contributed by atoms with Gasteiger partial charge >= 0.3 is 0 Å². The molecule has 1 rings (SSSR count). The van der Waals surface area contributed by atoms with Gasteiger partial charge in [-0.15, -0.1) is 11.3 Å². The van der Waals surface area contributed by atoms with Crippen molar-refractivity contribution in [3.63, 3.8) is 0 Å². The summed E-state index contributed by atoms with van der Waals surface area (Å²) < 4.78 is 4.89. The van der Waals surface area contributed by atoms with Crippen molar-refractivity contribution in [2.75, 3.05) is 20.3 Å². The second kappa shape index (κ2) is 7.71. The Bertz CT molecular complexity index is 426. The third-order valence-corrected chi connectivity index (χ3v) is 4.10. The number of hydrogen-bond acceptors (Lipinski definition) is 5. The first-order valence-corrected chi connectivity index (χ1v) is 7.67. The Hall–Kier alpha value is -0.980. The van der Waals surface area contributed by atoms with Crippen LogP contribution < -0.4 is 10.6 Å². The number of aromatic nitrogens is 1. The summed E-state index contributed by atoms with van der Waals surface area (Å²) in [5.41, 5.74) is 1.06. The fourth-order valence-corrected chi connectivity index (χ4v) is 2.42. The highest BCUT2D eigenvalue weighted by atomic mass is 32.1. The van der Waals surface area contributed by atoms with Gasteiger partial charge in [0.25, 0.3) is 0 Å². The number of hydrogen-bond donors (Lipinski definition) is 2. The molecule has 0 radical (unpaired) electrons. The number of carbonyl (C=O) groups is 1. The molecular weight excluding hydrogens is 274 g/mol. The van der Waals surface area contributed by atoms with Gasteiger partial charge in [-0.05, 0) is 6.92 Å². The second-order valence-corrected chi connectivity index (χ2v) is 6.64. The van der Waals surface area contributed by atoms with Crippen LogP contribution in [0.15, 0.2) is 5.38 Å². The van der Waals surface area contributed by atoms with E-state index >= 15 is 0 Å². The van der Waals surface area contributed by atoms with Gasteiger partial charge in [0.1, 0.15) is 0 Å². The minimum atomic E-state index is -0.244. The standard InChI is InChI=1S/C14H25N3O2S/c1-10(12(18)15-6-7-19-5)16-8-11-9-20-13(17-11)14(2,3)4/h9-10,16H,6-8H2,1-5H3,(H,15,18). The number of methoxy groups -OCH3 is 1. The summed E-state index contributed by atoms with van der Waals surface area (Å²) in [6.07, 6.45) is 0. The van der Waals surface area contributed by atoms with Gasteiger partial charge in [0.15, 0.2) is 0 Å². The fraction of sp³-hybridized carbons (Fsp3) is 0.714. The predicted molar refractivity (Wildman–Crippen MR) is 82.0 cm³/mol. The van der Waals surface area contributed by atoms with Gasteiger partial charge in [0.05, 0.1) is 23.4 Å². The first kappa shape index (κ1) is 17.1. The lowest BCUT2D eigenvalue weighted by atomic mass is 9.98. The molecule has 1 aromatic rings. The van der Waals surface area contributed by atoms with E-state index in [-0.39, 0.29) is 17.4 Å². The molecule has 0 fully saturated rings. The summed E-state index contributed by atoms with van der Waals surface area (Å²) in [6.45, 7) is 9.95. The smallest absolute Gasteiger partial charge is 0.236 e. The van der Waals surface area contributed by atoms with E-state index in [0.29, 0.717) is 19.7 Å². The first-order chi connectivity index (χ1) is 9.34. The molecule has 1 unspecified atom stereocenters. The molecule has 0 saturated carbocycles. The monoisotopic (exact) mass is 299 g/mol. The Morgan fingerprint density at radius 1 is 1.50 bits per heavy atom. The van der Waals surface area contributed by atoms with E-state index in [0.717, 1.165) is 10.7 Å². The number of rotatable bonds is 7. The minimum absolute atomic E-state index is 0.0201. The van der Waals surface area contributed by atoms with Crippen LogP contribution in [0.25, 0.3) is 0 Å². The molecule has 0 spiro atoms. The number of thiazole rings is 1. The molecule has 0 saturated heterocycles. The average molecular weight is 299 g/mol. The maximum absolute atomic E-state index is 11.8. The van der Waals surface area contributed by atoms with Crippen LogP contribution in [0.3, 0.4) is 0 Å². The van der Waals surface area contributed by atoms with Crippen LogP contribution in [-0.4, -0.2) is 37.2 Å². The number of nitrogens with one attached hydrogen (secondary N) is 2. The highest BCUT2D eigenvalue weighted by Crippen LogP contribution is 2.25. The number of nitrogens with zero attached hydrogens (tertiary/aromatic N) is 1. The lowest BCUT2D eigenvalue weighted by Gasteiger charge is -2.14. The predicted octanol–water partition coefficient (Wildman–Crippen LogP) is 1.68. The van der Waals surface area contributed by atoms with Crippen LogP contribution in [0.1, 0.15) is 38.4 Å². The Morgan fingerprint density at radius 3 is 2.75 bits per heavy atom. The topological polar surface area (TPSA) is 63.2 Å². The molecule has 1 aromatic heterocycles. The van der Waals surface area contributed by atoms with Crippen molar-refractivity contribution < 1.29 is 9.53 Å². The molecule has 2 N–H and O–H groups in total. The average Bonchev–Trinajstić information content (AvgIpc) is 2.84. The lowest BCUT2D eigenvalue weighted by Crippen LogP contribution is -2.42. The molecular formula is C14H25N3O2S. The quantitative estimate of drug-likeness (QED) is 0.752. The van der Waals surface area contributed by atoms with Crippen molar-refractivity contribution in [2.45, 2.75) is 45.7 Å². The third-order valence-electron chi connectivity index (χ3n) is 2.78. The molecule has 1 amide bonds. The van der Waals surface area contributed by atoms with E-state index in [1.165, 1.54) is 0 Å². The van der Waals surface area contributed by atoms with E-state index in [4.69, 9.17) is 4.74 Å². The van der Waals surface area contributed by atoms with E-state index in [1.54, 1.807) is 18.4 Å². The summed E-state index contributed by atoms with van der Waals surface area (Å²) in [5.74, 6) is -0.0201. The second-order valence-electron chi connectivity index (χ2n) is 5.78. The molecule has 5 nitrogen and oxygen atoms in total. The lowest BCUT2D eigenvalue weighted by molar-refractivity contribution is -0.122. The van der Waals surface area contributed by atoms with E-state index in [1.807, 2.05) is 12.3 Å². The van der Waals surface area contributed by atoms with Crippen LogP contribution in [0.4, 0.5) is 0 Å². The zero-order valence-corrected chi connectivity index (χ0v) is 13.8. The molecule has 20 heavy (non-hydrogen) atoms. The SMILES string of the molecule is COCCNC(=O)C(C)NCc1csc(C(C)(C)C)n1. The summed E-state index contributed by atoms with van der Waals surface area (Å²) in [4.78, 5) is 16.3. The molecule has 1 atom stereocenters. The molecule has 114 valence electrons. The first-order valence-electron chi connectivity index (χ1n) is 6.79. The fourth-order valence-electron chi connectivity index (χ4n) is 1.51. The van der Waals surface area contributed by atoms with Crippen LogP contribution in [0.2, 0.25) is 0 Å². The van der Waals surface area contributed by atoms with Crippen LogP contribution in [0, 0.1) is 0 Å². The van der Waals surface area contributed by atoms with Gasteiger partial charge in [0.2, 0.25) is 5.91 Å². The van der Waals surface area contributed by atoms with Gasteiger partial charge in [-0.25, -0.2) is 4.98 Å². The van der Waals surface area contributed by atoms with Crippen molar-refractivity contribution >= 4 is 17.2 Å². The zero-order valence-electron chi connectivity index (χ0n) is 12.9. The molecule has 0 aliphatic heterocycles. The van der Waals surface area contributed by atoms with Gasteiger partial charge in [-0.1, -0.05) is 20.8 Å². The van der Waals surface area contributed by atoms with Crippen LogP contribution in [-0.2, 0) is 21.5 Å². The molecule has 0 aromatic carbocycles. The van der Waals surface area contributed by atoms with Crippen molar-refractivity contribution in [3.05, 3.63) is 16.1 Å². The Labute approximate surface area is 125 Å². The molecule has 0 bridgehead atoms.